The molecule has 1 unspecified atom stereocenters. The Balaban J connectivity index is 2.07. The van der Waals surface area contributed by atoms with Crippen molar-refractivity contribution >= 4 is 0 Å². The zero-order valence-corrected chi connectivity index (χ0v) is 12.3. The molecule has 1 fully saturated rings. The van der Waals surface area contributed by atoms with E-state index in [2.05, 4.69) is 23.4 Å². The number of aryl methyl sites for hydroxylation is 1. The van der Waals surface area contributed by atoms with Gasteiger partial charge in [0.25, 0.3) is 0 Å². The van der Waals surface area contributed by atoms with Gasteiger partial charge in [0.2, 0.25) is 0 Å². The molecular formula is C15H26N2O2. The lowest BCUT2D eigenvalue weighted by molar-refractivity contribution is -0.128. The summed E-state index contributed by atoms with van der Waals surface area (Å²) in [6.07, 6.45) is 8.01. The molecule has 1 heterocycles. The maximum absolute atomic E-state index is 10.6. The zero-order chi connectivity index (χ0) is 13.9. The van der Waals surface area contributed by atoms with Crippen LogP contribution in [0.25, 0.3) is 0 Å². The van der Waals surface area contributed by atoms with Crippen molar-refractivity contribution in [3.63, 3.8) is 0 Å². The lowest BCUT2D eigenvalue weighted by atomic mass is 9.75. The quantitative estimate of drug-likeness (QED) is 0.890. The molecule has 1 aromatic rings. The fourth-order valence-electron chi connectivity index (χ4n) is 3.10. The topological polar surface area (TPSA) is 47.3 Å². The number of hydrogen-bond acceptors (Lipinski definition) is 3. The van der Waals surface area contributed by atoms with Crippen molar-refractivity contribution in [2.45, 2.75) is 64.2 Å². The smallest absolute Gasteiger partial charge is 0.111 e. The van der Waals surface area contributed by atoms with Gasteiger partial charge in [0, 0.05) is 32.5 Å². The van der Waals surface area contributed by atoms with E-state index < -0.39 is 6.10 Å². The van der Waals surface area contributed by atoms with Gasteiger partial charge in [0.1, 0.15) is 5.82 Å². The summed E-state index contributed by atoms with van der Waals surface area (Å²) in [5, 5.41) is 10.6. The van der Waals surface area contributed by atoms with Gasteiger partial charge in [-0.15, -0.1) is 0 Å². The number of ether oxygens (including phenoxy) is 1. The van der Waals surface area contributed by atoms with Crippen LogP contribution < -0.4 is 0 Å². The van der Waals surface area contributed by atoms with Crippen LogP contribution in [0.15, 0.2) is 12.4 Å². The monoisotopic (exact) mass is 266 g/mol. The molecule has 0 radical (unpaired) electrons. The van der Waals surface area contributed by atoms with Crippen molar-refractivity contribution in [1.82, 2.24) is 9.55 Å². The summed E-state index contributed by atoms with van der Waals surface area (Å²) in [7, 11) is 1.73. The molecule has 4 heteroatoms. The molecule has 1 atom stereocenters. The van der Waals surface area contributed by atoms with Crippen LogP contribution in [-0.4, -0.2) is 33.5 Å². The minimum absolute atomic E-state index is 0.378. The lowest BCUT2D eigenvalue weighted by Gasteiger charge is -2.41. The molecule has 0 saturated heterocycles. The highest BCUT2D eigenvalue weighted by Gasteiger charge is 2.41. The van der Waals surface area contributed by atoms with Crippen LogP contribution in [0.3, 0.4) is 0 Å². The number of aliphatic hydroxyl groups excluding tert-OH is 1. The summed E-state index contributed by atoms with van der Waals surface area (Å²) >= 11 is 0. The third-order valence-electron chi connectivity index (χ3n) is 4.65. The zero-order valence-electron chi connectivity index (χ0n) is 12.3. The van der Waals surface area contributed by atoms with Crippen molar-refractivity contribution < 1.29 is 9.84 Å². The summed E-state index contributed by atoms with van der Waals surface area (Å²) in [5.74, 6) is 1.69. The van der Waals surface area contributed by atoms with E-state index in [-0.39, 0.29) is 5.60 Å². The van der Waals surface area contributed by atoms with E-state index in [9.17, 15) is 5.11 Å². The number of nitrogens with zero attached hydrogens (tertiary/aromatic N) is 2. The van der Waals surface area contributed by atoms with Crippen molar-refractivity contribution in [2.24, 2.45) is 5.92 Å². The highest BCUT2D eigenvalue weighted by Crippen LogP contribution is 2.37. The van der Waals surface area contributed by atoms with Crippen LogP contribution >= 0.6 is 0 Å². The first kappa shape index (κ1) is 14.5. The van der Waals surface area contributed by atoms with Crippen molar-refractivity contribution in [1.29, 1.82) is 0 Å². The second-order valence-corrected chi connectivity index (χ2v) is 5.80. The van der Waals surface area contributed by atoms with E-state index >= 15 is 0 Å². The molecule has 1 saturated carbocycles. The second-order valence-electron chi connectivity index (χ2n) is 5.80. The van der Waals surface area contributed by atoms with Gasteiger partial charge in [-0.05, 0) is 38.5 Å². The molecule has 2 rings (SSSR count). The molecule has 0 amide bonds. The summed E-state index contributed by atoms with van der Waals surface area (Å²) in [5.41, 5.74) is -0.378. The van der Waals surface area contributed by atoms with Gasteiger partial charge in [-0.3, -0.25) is 0 Å². The highest BCUT2D eigenvalue weighted by molar-refractivity contribution is 5.01. The van der Waals surface area contributed by atoms with Crippen molar-refractivity contribution in [3.8, 4) is 0 Å². The Kier molecular flexibility index (Phi) is 4.63. The van der Waals surface area contributed by atoms with Gasteiger partial charge in [-0.2, -0.15) is 0 Å². The van der Waals surface area contributed by atoms with Crippen LogP contribution in [0, 0.1) is 5.92 Å². The van der Waals surface area contributed by atoms with E-state index in [0.717, 1.165) is 44.0 Å². The number of methoxy groups -OCH3 is 1. The molecule has 0 aliphatic heterocycles. The summed E-state index contributed by atoms with van der Waals surface area (Å²) in [6, 6.07) is 0. The van der Waals surface area contributed by atoms with Crippen LogP contribution in [-0.2, 0) is 17.7 Å². The predicted octanol–water partition coefficient (Wildman–Crippen LogP) is 2.40. The molecule has 1 N–H and O–H groups in total. The van der Waals surface area contributed by atoms with Gasteiger partial charge in [0.05, 0.1) is 11.7 Å². The standard InChI is InChI=1S/C15H26N2O2/c1-4-17-10-9-16-14(17)11-13(18)15(19-3)7-5-12(2)6-8-15/h9-10,12-13,18H,4-8,11H2,1-3H3. The average Bonchev–Trinajstić information content (AvgIpc) is 2.87. The van der Waals surface area contributed by atoms with Crippen molar-refractivity contribution in [2.75, 3.05) is 7.11 Å². The Morgan fingerprint density at radius 2 is 2.21 bits per heavy atom. The molecule has 0 aromatic carbocycles. The molecular weight excluding hydrogens is 240 g/mol. The summed E-state index contributed by atoms with van der Waals surface area (Å²) < 4.78 is 7.81. The molecule has 1 aliphatic carbocycles. The van der Waals surface area contributed by atoms with E-state index in [1.807, 2.05) is 6.20 Å². The molecule has 4 nitrogen and oxygen atoms in total. The normalized spacial score (nSPS) is 29.4. The second kappa shape index (κ2) is 6.06. The van der Waals surface area contributed by atoms with E-state index in [0.29, 0.717) is 6.42 Å². The van der Waals surface area contributed by atoms with Gasteiger partial charge >= 0.3 is 0 Å². The first-order valence-corrected chi connectivity index (χ1v) is 7.34. The van der Waals surface area contributed by atoms with Crippen LogP contribution in [0.4, 0.5) is 0 Å². The predicted molar refractivity (Wildman–Crippen MR) is 75.0 cm³/mol. The number of aromatic nitrogens is 2. The summed E-state index contributed by atoms with van der Waals surface area (Å²) in [6.45, 7) is 5.25. The Morgan fingerprint density at radius 1 is 1.53 bits per heavy atom. The van der Waals surface area contributed by atoms with Crippen molar-refractivity contribution in [3.05, 3.63) is 18.2 Å². The van der Waals surface area contributed by atoms with Crippen LogP contribution in [0.2, 0.25) is 0 Å². The number of rotatable bonds is 5. The van der Waals surface area contributed by atoms with E-state index in [1.165, 1.54) is 0 Å². The van der Waals surface area contributed by atoms with Crippen LogP contribution in [0.1, 0.15) is 45.4 Å². The molecule has 1 aliphatic rings. The molecule has 0 bridgehead atoms. The largest absolute Gasteiger partial charge is 0.390 e. The number of imidazole rings is 1. The first-order valence-electron chi connectivity index (χ1n) is 7.34. The fourth-order valence-corrected chi connectivity index (χ4v) is 3.10. The maximum Gasteiger partial charge on any atom is 0.111 e. The number of hydrogen-bond donors (Lipinski definition) is 1. The Hall–Kier alpha value is -0.870. The third kappa shape index (κ3) is 3.00. The molecule has 19 heavy (non-hydrogen) atoms. The Labute approximate surface area is 115 Å². The highest BCUT2D eigenvalue weighted by atomic mass is 16.5. The fraction of sp³-hybridized carbons (Fsp3) is 0.800. The SMILES string of the molecule is CCn1ccnc1CC(O)C1(OC)CCC(C)CC1. The van der Waals surface area contributed by atoms with Gasteiger partial charge in [-0.1, -0.05) is 6.92 Å². The van der Waals surface area contributed by atoms with Crippen LogP contribution in [0.5, 0.6) is 0 Å². The molecule has 1 aromatic heterocycles. The molecule has 108 valence electrons. The van der Waals surface area contributed by atoms with Gasteiger partial charge in [-0.25, -0.2) is 4.98 Å². The average molecular weight is 266 g/mol. The Bertz CT molecular complexity index is 395. The lowest BCUT2D eigenvalue weighted by Crippen LogP contribution is -2.48. The van der Waals surface area contributed by atoms with Gasteiger partial charge < -0.3 is 14.4 Å². The minimum atomic E-state index is -0.474. The van der Waals surface area contributed by atoms with E-state index in [1.54, 1.807) is 13.3 Å². The Morgan fingerprint density at radius 3 is 2.79 bits per heavy atom. The minimum Gasteiger partial charge on any atom is -0.390 e. The van der Waals surface area contributed by atoms with Gasteiger partial charge in [0.15, 0.2) is 0 Å². The first-order chi connectivity index (χ1) is 9.11. The number of aliphatic hydroxyl groups is 1. The maximum atomic E-state index is 10.6. The van der Waals surface area contributed by atoms with E-state index in [4.69, 9.17) is 4.74 Å². The summed E-state index contributed by atoms with van der Waals surface area (Å²) in [4.78, 5) is 4.35. The molecule has 0 spiro atoms. The third-order valence-corrected chi connectivity index (χ3v) is 4.65.